The Morgan fingerprint density at radius 1 is 1.62 bits per heavy atom. The van der Waals surface area contributed by atoms with Crippen LogP contribution in [0.1, 0.15) is 20.8 Å². The van der Waals surface area contributed by atoms with Crippen molar-refractivity contribution in [2.45, 2.75) is 26.9 Å². The molecule has 0 spiro atoms. The fourth-order valence-electron chi connectivity index (χ4n) is 1.11. The number of esters is 1. The van der Waals surface area contributed by atoms with Gasteiger partial charge in [0.25, 0.3) is 0 Å². The second kappa shape index (κ2) is 3.73. The zero-order chi connectivity index (χ0) is 9.90. The highest BCUT2D eigenvalue weighted by Crippen LogP contribution is 2.21. The zero-order valence-electron chi connectivity index (χ0n) is 8.28. The molecule has 0 saturated heterocycles. The molecule has 0 fully saturated rings. The molecule has 1 aliphatic heterocycles. The van der Waals surface area contributed by atoms with Crippen LogP contribution in [0.3, 0.4) is 0 Å². The molecule has 0 bridgehead atoms. The maximum absolute atomic E-state index is 11.6. The molecule has 0 aromatic heterocycles. The third-order valence-corrected chi connectivity index (χ3v) is 1.82. The average molecular weight is 181 g/mol. The number of carbonyl (C=O) groups is 1. The van der Waals surface area contributed by atoms with Crippen LogP contribution in [0, 0.1) is 5.41 Å². The molecule has 1 aliphatic rings. The van der Waals surface area contributed by atoms with Gasteiger partial charge in [-0.25, -0.2) is 0 Å². The number of rotatable bonds is 2. The SMILES string of the molecule is CC(C)OC(=O)[C@@]1(C)C=CCN=C1. The van der Waals surface area contributed by atoms with Crippen molar-refractivity contribution >= 4 is 12.2 Å². The van der Waals surface area contributed by atoms with E-state index in [4.69, 9.17) is 4.74 Å². The average Bonchev–Trinajstić information content (AvgIpc) is 2.04. The summed E-state index contributed by atoms with van der Waals surface area (Å²) in [6.07, 6.45) is 5.29. The number of hydrogen-bond acceptors (Lipinski definition) is 3. The quantitative estimate of drug-likeness (QED) is 0.479. The van der Waals surface area contributed by atoms with Crippen LogP contribution in [0.25, 0.3) is 0 Å². The van der Waals surface area contributed by atoms with E-state index in [1.807, 2.05) is 26.0 Å². The van der Waals surface area contributed by atoms with Gasteiger partial charge in [-0.1, -0.05) is 12.2 Å². The highest BCUT2D eigenvalue weighted by molar-refractivity contribution is 5.97. The zero-order valence-corrected chi connectivity index (χ0v) is 8.28. The number of carbonyl (C=O) groups excluding carboxylic acids is 1. The molecule has 0 N–H and O–H groups in total. The molecule has 0 saturated carbocycles. The predicted octanol–water partition coefficient (Wildman–Crippen LogP) is 1.58. The second-order valence-corrected chi connectivity index (χ2v) is 3.63. The van der Waals surface area contributed by atoms with Crippen LogP contribution in [0.2, 0.25) is 0 Å². The van der Waals surface area contributed by atoms with Gasteiger partial charge >= 0.3 is 5.97 Å². The van der Waals surface area contributed by atoms with E-state index in [1.165, 1.54) is 0 Å². The molecule has 0 aromatic carbocycles. The molecule has 3 heteroatoms. The van der Waals surface area contributed by atoms with E-state index in [1.54, 1.807) is 13.1 Å². The molecule has 13 heavy (non-hydrogen) atoms. The predicted molar refractivity (Wildman–Crippen MR) is 51.8 cm³/mol. The highest BCUT2D eigenvalue weighted by atomic mass is 16.5. The van der Waals surface area contributed by atoms with Crippen LogP contribution in [0.4, 0.5) is 0 Å². The van der Waals surface area contributed by atoms with Crippen molar-refractivity contribution in [3.05, 3.63) is 12.2 Å². The lowest BCUT2D eigenvalue weighted by atomic mass is 9.90. The fourth-order valence-corrected chi connectivity index (χ4v) is 1.11. The van der Waals surface area contributed by atoms with E-state index in [-0.39, 0.29) is 12.1 Å². The van der Waals surface area contributed by atoms with Gasteiger partial charge in [0.2, 0.25) is 0 Å². The first-order chi connectivity index (χ1) is 6.04. The number of nitrogens with zero attached hydrogens (tertiary/aromatic N) is 1. The van der Waals surface area contributed by atoms with E-state index >= 15 is 0 Å². The highest BCUT2D eigenvalue weighted by Gasteiger charge is 2.31. The normalized spacial score (nSPS) is 26.5. The van der Waals surface area contributed by atoms with E-state index in [0.29, 0.717) is 6.54 Å². The van der Waals surface area contributed by atoms with Crippen molar-refractivity contribution in [2.75, 3.05) is 6.54 Å². The Hall–Kier alpha value is -1.12. The lowest BCUT2D eigenvalue weighted by Gasteiger charge is -2.22. The summed E-state index contributed by atoms with van der Waals surface area (Å²) in [5.74, 6) is -0.234. The van der Waals surface area contributed by atoms with E-state index in [0.717, 1.165) is 0 Å². The molecule has 0 radical (unpaired) electrons. The molecular weight excluding hydrogens is 166 g/mol. The Balaban J connectivity index is 2.68. The van der Waals surface area contributed by atoms with Crippen LogP contribution >= 0.6 is 0 Å². The number of dihydropyridines is 1. The third-order valence-electron chi connectivity index (χ3n) is 1.82. The Kier molecular flexibility index (Phi) is 2.86. The summed E-state index contributed by atoms with van der Waals surface area (Å²) < 4.78 is 5.11. The maximum atomic E-state index is 11.6. The molecular formula is C10H15NO2. The standard InChI is InChI=1S/C10H15NO2/c1-8(2)13-9(12)10(3)5-4-6-11-7-10/h4-5,7-8H,6H2,1-3H3/t10-/m0/s1. The molecule has 1 atom stereocenters. The molecule has 0 aromatic rings. The minimum absolute atomic E-state index is 0.0759. The fraction of sp³-hybridized carbons (Fsp3) is 0.600. The van der Waals surface area contributed by atoms with Crippen LogP contribution in [0.15, 0.2) is 17.1 Å². The van der Waals surface area contributed by atoms with Crippen LogP contribution in [-0.4, -0.2) is 24.8 Å². The Morgan fingerprint density at radius 3 is 2.77 bits per heavy atom. The summed E-state index contributed by atoms with van der Waals surface area (Å²) in [5.41, 5.74) is -0.664. The summed E-state index contributed by atoms with van der Waals surface area (Å²) in [5, 5.41) is 0. The van der Waals surface area contributed by atoms with Gasteiger partial charge < -0.3 is 4.74 Å². The largest absolute Gasteiger partial charge is 0.462 e. The first-order valence-electron chi connectivity index (χ1n) is 4.44. The van der Waals surface area contributed by atoms with E-state index in [9.17, 15) is 4.79 Å². The molecule has 72 valence electrons. The van der Waals surface area contributed by atoms with Crippen LogP contribution in [0.5, 0.6) is 0 Å². The summed E-state index contributed by atoms with van der Waals surface area (Å²) in [6.45, 7) is 6.14. The summed E-state index contributed by atoms with van der Waals surface area (Å²) in [7, 11) is 0. The number of ether oxygens (including phenoxy) is 1. The first-order valence-corrected chi connectivity index (χ1v) is 4.44. The topological polar surface area (TPSA) is 38.7 Å². The lowest BCUT2D eigenvalue weighted by molar-refractivity contribution is -0.152. The maximum Gasteiger partial charge on any atom is 0.321 e. The van der Waals surface area contributed by atoms with Gasteiger partial charge in [-0.3, -0.25) is 9.79 Å². The molecule has 0 amide bonds. The van der Waals surface area contributed by atoms with Gasteiger partial charge in [0.05, 0.1) is 12.6 Å². The monoisotopic (exact) mass is 181 g/mol. The van der Waals surface area contributed by atoms with Gasteiger partial charge in [-0.2, -0.15) is 0 Å². The van der Waals surface area contributed by atoms with Gasteiger partial charge in [0, 0.05) is 6.21 Å². The van der Waals surface area contributed by atoms with Crippen molar-refractivity contribution in [2.24, 2.45) is 10.4 Å². The van der Waals surface area contributed by atoms with Crippen molar-refractivity contribution < 1.29 is 9.53 Å². The Labute approximate surface area is 78.5 Å². The van der Waals surface area contributed by atoms with Gasteiger partial charge in [-0.15, -0.1) is 0 Å². The smallest absolute Gasteiger partial charge is 0.321 e. The van der Waals surface area contributed by atoms with Crippen molar-refractivity contribution in [3.63, 3.8) is 0 Å². The minimum Gasteiger partial charge on any atom is -0.462 e. The van der Waals surface area contributed by atoms with Gasteiger partial charge in [0.15, 0.2) is 0 Å². The molecule has 1 heterocycles. The van der Waals surface area contributed by atoms with Crippen LogP contribution < -0.4 is 0 Å². The number of hydrogen-bond donors (Lipinski definition) is 0. The first kappa shape index (κ1) is 9.96. The molecule has 0 unspecified atom stereocenters. The van der Waals surface area contributed by atoms with Gasteiger partial charge in [0.1, 0.15) is 5.41 Å². The minimum atomic E-state index is -0.664. The van der Waals surface area contributed by atoms with Crippen molar-refractivity contribution in [1.82, 2.24) is 0 Å². The summed E-state index contributed by atoms with van der Waals surface area (Å²) >= 11 is 0. The van der Waals surface area contributed by atoms with Gasteiger partial charge in [-0.05, 0) is 20.8 Å². The second-order valence-electron chi connectivity index (χ2n) is 3.63. The lowest BCUT2D eigenvalue weighted by Crippen LogP contribution is -2.32. The number of aliphatic imine (C=N–C) groups is 1. The third kappa shape index (κ3) is 2.41. The Morgan fingerprint density at radius 2 is 2.31 bits per heavy atom. The molecule has 3 nitrogen and oxygen atoms in total. The van der Waals surface area contributed by atoms with Crippen molar-refractivity contribution in [1.29, 1.82) is 0 Å². The van der Waals surface area contributed by atoms with E-state index in [2.05, 4.69) is 4.99 Å². The van der Waals surface area contributed by atoms with E-state index < -0.39 is 5.41 Å². The van der Waals surface area contributed by atoms with Crippen LogP contribution in [-0.2, 0) is 9.53 Å². The Bertz CT molecular complexity index is 242. The molecule has 1 rings (SSSR count). The van der Waals surface area contributed by atoms with Crippen molar-refractivity contribution in [3.8, 4) is 0 Å². The molecule has 0 aliphatic carbocycles. The summed E-state index contributed by atoms with van der Waals surface area (Å²) in [4.78, 5) is 15.6. The summed E-state index contributed by atoms with van der Waals surface area (Å²) in [6, 6.07) is 0.